The number of aromatic amines is 1. The minimum absolute atomic E-state index is 0.286. The monoisotopic (exact) mass is 409 g/mol. The number of hydrogen-bond donors (Lipinski definition) is 2. The highest BCUT2D eigenvalue weighted by atomic mass is 19.3. The molecular formula is C22H21F2N5O. The van der Waals surface area contributed by atoms with Gasteiger partial charge in [-0.05, 0) is 30.2 Å². The fourth-order valence-electron chi connectivity index (χ4n) is 3.40. The van der Waals surface area contributed by atoms with E-state index in [1.807, 2.05) is 41.9 Å². The number of benzene rings is 2. The highest BCUT2D eigenvalue weighted by molar-refractivity contribution is 6.05. The van der Waals surface area contributed by atoms with Crippen molar-refractivity contribution in [2.75, 3.05) is 5.32 Å². The Morgan fingerprint density at radius 3 is 2.73 bits per heavy atom. The van der Waals surface area contributed by atoms with Crippen LogP contribution in [0.3, 0.4) is 0 Å². The van der Waals surface area contributed by atoms with Gasteiger partial charge in [-0.1, -0.05) is 43.7 Å². The van der Waals surface area contributed by atoms with Gasteiger partial charge in [0.15, 0.2) is 5.82 Å². The van der Waals surface area contributed by atoms with Crippen molar-refractivity contribution in [2.45, 2.75) is 32.7 Å². The fourth-order valence-corrected chi connectivity index (χ4v) is 3.40. The van der Waals surface area contributed by atoms with Crippen LogP contribution >= 0.6 is 0 Å². The largest absolute Gasteiger partial charge is 0.337 e. The summed E-state index contributed by atoms with van der Waals surface area (Å²) in [6, 6.07) is 14.8. The van der Waals surface area contributed by atoms with Gasteiger partial charge in [-0.2, -0.15) is 5.10 Å². The van der Waals surface area contributed by atoms with E-state index in [-0.39, 0.29) is 11.7 Å². The van der Waals surface area contributed by atoms with Gasteiger partial charge < -0.3 is 10.3 Å². The Bertz CT molecular complexity index is 1170. The zero-order chi connectivity index (χ0) is 21.1. The summed E-state index contributed by atoms with van der Waals surface area (Å²) in [4.78, 5) is 19.3. The van der Waals surface area contributed by atoms with Gasteiger partial charge >= 0.3 is 0 Å². The molecule has 0 unspecified atom stereocenters. The number of rotatable bonds is 7. The molecule has 2 aromatic carbocycles. The van der Waals surface area contributed by atoms with E-state index in [1.54, 1.807) is 24.4 Å². The molecule has 2 N–H and O–H groups in total. The number of fused-ring (bicyclic) bond motifs is 1. The minimum atomic E-state index is -2.68. The third kappa shape index (κ3) is 4.07. The molecular weight excluding hydrogens is 388 g/mol. The summed E-state index contributed by atoms with van der Waals surface area (Å²) < 4.78 is 27.5. The molecule has 1 amide bonds. The van der Waals surface area contributed by atoms with Crippen LogP contribution < -0.4 is 5.32 Å². The standard InChI is InChI=1S/C22H21F2N5O/c1-2-6-19-16(12-25-29(19)13-14-7-4-3-5-8-14)22(30)26-15-9-10-17-18(11-15)28-21(27-17)20(23)24/h3-5,7-12,20H,2,6,13H2,1H3,(H,26,30)(H,27,28). The average Bonchev–Trinajstić information content (AvgIpc) is 3.33. The van der Waals surface area contributed by atoms with Crippen molar-refractivity contribution >= 4 is 22.6 Å². The Hall–Kier alpha value is -3.55. The van der Waals surface area contributed by atoms with Crippen molar-refractivity contribution < 1.29 is 13.6 Å². The molecule has 0 fully saturated rings. The van der Waals surface area contributed by atoms with E-state index < -0.39 is 6.43 Å². The molecule has 0 aliphatic carbocycles. The number of hydrogen-bond acceptors (Lipinski definition) is 3. The molecule has 6 nitrogen and oxygen atoms in total. The van der Waals surface area contributed by atoms with Gasteiger partial charge in [0.1, 0.15) is 0 Å². The van der Waals surface area contributed by atoms with Crippen LogP contribution in [0.4, 0.5) is 14.5 Å². The maximum Gasteiger partial charge on any atom is 0.295 e. The second-order valence-corrected chi connectivity index (χ2v) is 7.01. The number of carbonyl (C=O) groups excluding carboxylic acids is 1. The van der Waals surface area contributed by atoms with Crippen LogP contribution in [-0.4, -0.2) is 25.7 Å². The lowest BCUT2D eigenvalue weighted by molar-refractivity contribution is 0.102. The van der Waals surface area contributed by atoms with Crippen molar-refractivity contribution in [3.05, 3.63) is 77.4 Å². The number of alkyl halides is 2. The Kier molecular flexibility index (Phi) is 5.56. The summed E-state index contributed by atoms with van der Waals surface area (Å²) >= 11 is 0. The van der Waals surface area contributed by atoms with Gasteiger partial charge in [-0.15, -0.1) is 0 Å². The highest BCUT2D eigenvalue weighted by Crippen LogP contribution is 2.23. The first kappa shape index (κ1) is 19.8. The first-order valence-corrected chi connectivity index (χ1v) is 9.73. The van der Waals surface area contributed by atoms with Crippen LogP contribution in [0.5, 0.6) is 0 Å². The molecule has 0 spiro atoms. The molecule has 8 heteroatoms. The zero-order valence-corrected chi connectivity index (χ0v) is 16.4. The normalized spacial score (nSPS) is 11.3. The second kappa shape index (κ2) is 8.44. The van der Waals surface area contributed by atoms with Crippen LogP contribution in [0.1, 0.15) is 47.2 Å². The molecule has 30 heavy (non-hydrogen) atoms. The summed E-state index contributed by atoms with van der Waals surface area (Å²) in [5.74, 6) is -0.674. The summed E-state index contributed by atoms with van der Waals surface area (Å²) in [7, 11) is 0. The van der Waals surface area contributed by atoms with E-state index >= 15 is 0 Å². The predicted molar refractivity (Wildman–Crippen MR) is 111 cm³/mol. The summed E-state index contributed by atoms with van der Waals surface area (Å²) in [6.07, 6.45) is 0.486. The maximum absolute atomic E-state index is 12.9. The van der Waals surface area contributed by atoms with Crippen LogP contribution in [0.25, 0.3) is 11.0 Å². The molecule has 0 bridgehead atoms. The second-order valence-electron chi connectivity index (χ2n) is 7.01. The van der Waals surface area contributed by atoms with Crippen LogP contribution in [0, 0.1) is 0 Å². The third-order valence-electron chi connectivity index (χ3n) is 4.82. The molecule has 0 aliphatic rings. The smallest absolute Gasteiger partial charge is 0.295 e. The van der Waals surface area contributed by atoms with E-state index in [2.05, 4.69) is 20.4 Å². The van der Waals surface area contributed by atoms with Crippen LogP contribution in [0.15, 0.2) is 54.7 Å². The van der Waals surface area contributed by atoms with Gasteiger partial charge in [-0.25, -0.2) is 13.8 Å². The molecule has 154 valence electrons. The number of aromatic nitrogens is 4. The Balaban J connectivity index is 1.57. The molecule has 0 aliphatic heterocycles. The lowest BCUT2D eigenvalue weighted by Crippen LogP contribution is -2.15. The maximum atomic E-state index is 12.9. The fraction of sp³-hybridized carbons (Fsp3) is 0.227. The Labute approximate surface area is 171 Å². The van der Waals surface area contributed by atoms with E-state index in [4.69, 9.17) is 0 Å². The predicted octanol–water partition coefficient (Wildman–Crippen LogP) is 4.95. The first-order valence-electron chi connectivity index (χ1n) is 9.73. The number of carbonyl (C=O) groups is 1. The van der Waals surface area contributed by atoms with Crippen LogP contribution in [-0.2, 0) is 13.0 Å². The molecule has 4 rings (SSSR count). The zero-order valence-electron chi connectivity index (χ0n) is 16.4. The number of H-pyrrole nitrogens is 1. The van der Waals surface area contributed by atoms with Gasteiger partial charge in [0.25, 0.3) is 12.3 Å². The Morgan fingerprint density at radius 1 is 1.20 bits per heavy atom. The first-order chi connectivity index (χ1) is 14.5. The number of imidazole rings is 1. The highest BCUT2D eigenvalue weighted by Gasteiger charge is 2.18. The van der Waals surface area contributed by atoms with E-state index in [0.29, 0.717) is 35.2 Å². The van der Waals surface area contributed by atoms with E-state index in [0.717, 1.165) is 17.7 Å². The quantitative estimate of drug-likeness (QED) is 0.453. The number of nitrogens with one attached hydrogen (secondary N) is 2. The van der Waals surface area contributed by atoms with Gasteiger partial charge in [0.2, 0.25) is 0 Å². The van der Waals surface area contributed by atoms with Gasteiger partial charge in [0.05, 0.1) is 35.0 Å². The SMILES string of the molecule is CCCc1c(C(=O)Nc2ccc3nc(C(F)F)[nH]c3c2)cnn1Cc1ccccc1. The summed E-state index contributed by atoms with van der Waals surface area (Å²) in [5, 5.41) is 7.26. The number of nitrogens with zero attached hydrogens (tertiary/aromatic N) is 3. The third-order valence-corrected chi connectivity index (χ3v) is 4.82. The van der Waals surface area contributed by atoms with Crippen molar-refractivity contribution in [3.8, 4) is 0 Å². The number of amides is 1. The number of halogens is 2. The lowest BCUT2D eigenvalue weighted by Gasteiger charge is -2.10. The van der Waals surface area contributed by atoms with Crippen molar-refractivity contribution in [2.24, 2.45) is 0 Å². The van der Waals surface area contributed by atoms with Crippen LogP contribution in [0.2, 0.25) is 0 Å². The number of anilines is 1. The molecule has 2 aromatic heterocycles. The summed E-state index contributed by atoms with van der Waals surface area (Å²) in [6.45, 7) is 2.63. The van der Waals surface area contributed by atoms with Crippen molar-refractivity contribution in [3.63, 3.8) is 0 Å². The average molecular weight is 409 g/mol. The molecule has 0 saturated heterocycles. The molecule has 0 saturated carbocycles. The molecule has 2 heterocycles. The summed E-state index contributed by atoms with van der Waals surface area (Å²) in [5.41, 5.74) is 3.83. The molecule has 4 aromatic rings. The lowest BCUT2D eigenvalue weighted by atomic mass is 10.1. The minimum Gasteiger partial charge on any atom is -0.337 e. The van der Waals surface area contributed by atoms with E-state index in [1.165, 1.54) is 0 Å². The van der Waals surface area contributed by atoms with Gasteiger partial charge in [0, 0.05) is 5.69 Å². The van der Waals surface area contributed by atoms with Crippen molar-refractivity contribution in [1.29, 1.82) is 0 Å². The van der Waals surface area contributed by atoms with Crippen molar-refractivity contribution in [1.82, 2.24) is 19.7 Å². The molecule has 0 radical (unpaired) electrons. The van der Waals surface area contributed by atoms with E-state index in [9.17, 15) is 13.6 Å². The molecule has 0 atom stereocenters. The Morgan fingerprint density at radius 2 is 2.00 bits per heavy atom. The topological polar surface area (TPSA) is 75.6 Å². The van der Waals surface area contributed by atoms with Gasteiger partial charge in [-0.3, -0.25) is 9.48 Å².